The number of hydrogen-bond acceptors (Lipinski definition) is 4. The van der Waals surface area contributed by atoms with Crippen molar-refractivity contribution in [2.24, 2.45) is 0 Å². The van der Waals surface area contributed by atoms with Crippen molar-refractivity contribution in [3.8, 4) is 0 Å². The molecule has 0 aliphatic rings. The number of carbonyl (C=O) groups excluding carboxylic acids is 2. The normalized spacial score (nSPS) is 10.5. The van der Waals surface area contributed by atoms with Gasteiger partial charge in [-0.3, -0.25) is 4.79 Å². The number of esters is 1. The van der Waals surface area contributed by atoms with Crippen molar-refractivity contribution in [1.82, 2.24) is 0 Å². The molecular formula is C13H12FNO3S. The van der Waals surface area contributed by atoms with Gasteiger partial charge in [-0.25, -0.2) is 9.18 Å². The molecule has 1 aromatic heterocycles. The molecule has 0 fully saturated rings. The van der Waals surface area contributed by atoms with E-state index < -0.39 is 11.8 Å². The zero-order chi connectivity index (χ0) is 14.0. The lowest BCUT2D eigenvalue weighted by Crippen LogP contribution is -2.11. The summed E-state index contributed by atoms with van der Waals surface area (Å²) >= 11 is 1.10. The van der Waals surface area contributed by atoms with Gasteiger partial charge in [0.2, 0.25) is 5.91 Å². The van der Waals surface area contributed by atoms with Crippen molar-refractivity contribution in [2.75, 3.05) is 11.9 Å². The van der Waals surface area contributed by atoms with E-state index in [0.29, 0.717) is 4.70 Å². The standard InChI is InChI=1S/C13H12FNO3S/c1-3-18-13(17)12-11(15-7(2)16)10-8(14)5-4-6-9(10)19-12/h4-6H,3H2,1-2H3,(H,15,16). The summed E-state index contributed by atoms with van der Waals surface area (Å²) in [5, 5.41) is 2.75. The van der Waals surface area contributed by atoms with Gasteiger partial charge in [0.1, 0.15) is 10.7 Å². The molecule has 0 radical (unpaired) electrons. The van der Waals surface area contributed by atoms with E-state index in [2.05, 4.69) is 5.32 Å². The van der Waals surface area contributed by atoms with Crippen molar-refractivity contribution in [3.05, 3.63) is 28.9 Å². The summed E-state index contributed by atoms with van der Waals surface area (Å²) in [6.45, 7) is 3.21. The van der Waals surface area contributed by atoms with Gasteiger partial charge in [-0.1, -0.05) is 6.07 Å². The summed E-state index contributed by atoms with van der Waals surface area (Å²) < 4.78 is 19.4. The number of ether oxygens (including phenoxy) is 1. The molecule has 1 aromatic carbocycles. The van der Waals surface area contributed by atoms with E-state index in [1.807, 2.05) is 0 Å². The fourth-order valence-corrected chi connectivity index (χ4v) is 2.81. The minimum Gasteiger partial charge on any atom is -0.462 e. The van der Waals surface area contributed by atoms with Crippen LogP contribution in [0.2, 0.25) is 0 Å². The summed E-state index contributed by atoms with van der Waals surface area (Å²) in [5.74, 6) is -1.41. The number of hydrogen-bond donors (Lipinski definition) is 1. The van der Waals surface area contributed by atoms with E-state index in [1.54, 1.807) is 19.1 Å². The lowest BCUT2D eigenvalue weighted by atomic mass is 10.2. The summed E-state index contributed by atoms with van der Waals surface area (Å²) in [7, 11) is 0. The van der Waals surface area contributed by atoms with Gasteiger partial charge >= 0.3 is 5.97 Å². The first-order valence-corrected chi connectivity index (χ1v) is 6.52. The second-order valence-electron chi connectivity index (χ2n) is 3.82. The van der Waals surface area contributed by atoms with E-state index >= 15 is 0 Å². The molecule has 2 aromatic rings. The molecule has 6 heteroatoms. The quantitative estimate of drug-likeness (QED) is 0.879. The molecule has 0 atom stereocenters. The largest absolute Gasteiger partial charge is 0.462 e. The molecule has 0 saturated carbocycles. The fourth-order valence-electron chi connectivity index (χ4n) is 1.74. The van der Waals surface area contributed by atoms with Crippen LogP contribution in [0.1, 0.15) is 23.5 Å². The fraction of sp³-hybridized carbons (Fsp3) is 0.231. The Morgan fingerprint density at radius 1 is 1.42 bits per heavy atom. The van der Waals surface area contributed by atoms with Crippen LogP contribution in [0.5, 0.6) is 0 Å². The van der Waals surface area contributed by atoms with Crippen LogP contribution in [-0.2, 0) is 9.53 Å². The Morgan fingerprint density at radius 3 is 2.79 bits per heavy atom. The third kappa shape index (κ3) is 2.58. The molecule has 0 unspecified atom stereocenters. The average molecular weight is 281 g/mol. The summed E-state index contributed by atoms with van der Waals surface area (Å²) in [6.07, 6.45) is 0. The molecule has 0 bridgehead atoms. The van der Waals surface area contributed by atoms with Crippen LogP contribution < -0.4 is 5.32 Å². The third-order valence-electron chi connectivity index (χ3n) is 2.43. The van der Waals surface area contributed by atoms with E-state index in [1.165, 1.54) is 13.0 Å². The Balaban J connectivity index is 2.65. The number of anilines is 1. The second-order valence-corrected chi connectivity index (χ2v) is 4.87. The first-order chi connectivity index (χ1) is 9.04. The Bertz CT molecular complexity index is 651. The monoisotopic (exact) mass is 281 g/mol. The molecule has 2 rings (SSSR count). The molecule has 0 spiro atoms. The minimum atomic E-state index is -0.563. The zero-order valence-electron chi connectivity index (χ0n) is 10.5. The van der Waals surface area contributed by atoms with Gasteiger partial charge in [-0.2, -0.15) is 0 Å². The SMILES string of the molecule is CCOC(=O)c1sc2cccc(F)c2c1NC(C)=O. The third-order valence-corrected chi connectivity index (χ3v) is 3.56. The highest BCUT2D eigenvalue weighted by molar-refractivity contribution is 7.21. The minimum absolute atomic E-state index is 0.184. The van der Waals surface area contributed by atoms with Crippen molar-refractivity contribution in [2.45, 2.75) is 13.8 Å². The van der Waals surface area contributed by atoms with Crippen LogP contribution in [0, 0.1) is 5.82 Å². The van der Waals surface area contributed by atoms with Crippen molar-refractivity contribution >= 4 is 39.0 Å². The number of rotatable bonds is 3. The highest BCUT2D eigenvalue weighted by Crippen LogP contribution is 2.37. The summed E-state index contributed by atoms with van der Waals surface area (Å²) in [4.78, 5) is 23.3. The maximum Gasteiger partial charge on any atom is 0.350 e. The molecular weight excluding hydrogens is 269 g/mol. The molecule has 19 heavy (non-hydrogen) atoms. The molecule has 0 aliphatic carbocycles. The Labute approximate surface area is 113 Å². The van der Waals surface area contributed by atoms with E-state index in [4.69, 9.17) is 4.74 Å². The molecule has 1 heterocycles. The van der Waals surface area contributed by atoms with Crippen molar-refractivity contribution < 1.29 is 18.7 Å². The first-order valence-electron chi connectivity index (χ1n) is 5.70. The van der Waals surface area contributed by atoms with Crippen LogP contribution >= 0.6 is 11.3 Å². The van der Waals surface area contributed by atoms with Gasteiger partial charge in [0, 0.05) is 11.6 Å². The van der Waals surface area contributed by atoms with E-state index in [9.17, 15) is 14.0 Å². The zero-order valence-corrected chi connectivity index (χ0v) is 11.3. The highest BCUT2D eigenvalue weighted by atomic mass is 32.1. The van der Waals surface area contributed by atoms with E-state index in [-0.39, 0.29) is 28.5 Å². The molecule has 4 nitrogen and oxygen atoms in total. The Hall–Kier alpha value is -1.95. The van der Waals surface area contributed by atoms with Crippen LogP contribution in [-0.4, -0.2) is 18.5 Å². The lowest BCUT2D eigenvalue weighted by molar-refractivity contribution is -0.114. The predicted molar refractivity (Wildman–Crippen MR) is 72.0 cm³/mol. The van der Waals surface area contributed by atoms with Gasteiger partial charge in [0.15, 0.2) is 0 Å². The van der Waals surface area contributed by atoms with Gasteiger partial charge in [-0.05, 0) is 19.1 Å². The number of halogens is 1. The highest BCUT2D eigenvalue weighted by Gasteiger charge is 2.22. The molecule has 100 valence electrons. The topological polar surface area (TPSA) is 55.4 Å². The Kier molecular flexibility index (Phi) is 3.80. The van der Waals surface area contributed by atoms with Crippen LogP contribution in [0.25, 0.3) is 10.1 Å². The van der Waals surface area contributed by atoms with Crippen molar-refractivity contribution in [3.63, 3.8) is 0 Å². The summed E-state index contributed by atoms with van der Waals surface area (Å²) in [6, 6.07) is 4.53. The number of amides is 1. The lowest BCUT2D eigenvalue weighted by Gasteiger charge is -2.05. The first kappa shape index (κ1) is 13.5. The molecule has 1 N–H and O–H groups in total. The smallest absolute Gasteiger partial charge is 0.350 e. The van der Waals surface area contributed by atoms with Crippen molar-refractivity contribution in [1.29, 1.82) is 0 Å². The number of benzene rings is 1. The average Bonchev–Trinajstić information content (AvgIpc) is 2.69. The molecule has 0 saturated heterocycles. The van der Waals surface area contributed by atoms with Crippen LogP contribution in [0.15, 0.2) is 18.2 Å². The number of fused-ring (bicyclic) bond motifs is 1. The Morgan fingerprint density at radius 2 is 2.16 bits per heavy atom. The van der Waals surface area contributed by atoms with Gasteiger partial charge in [0.25, 0.3) is 0 Å². The predicted octanol–water partition coefficient (Wildman–Crippen LogP) is 3.18. The maximum absolute atomic E-state index is 13.9. The van der Waals surface area contributed by atoms with Crippen LogP contribution in [0.3, 0.4) is 0 Å². The van der Waals surface area contributed by atoms with Crippen LogP contribution in [0.4, 0.5) is 10.1 Å². The van der Waals surface area contributed by atoms with E-state index in [0.717, 1.165) is 11.3 Å². The number of carbonyl (C=O) groups is 2. The maximum atomic E-state index is 13.9. The second kappa shape index (κ2) is 5.36. The van der Waals surface area contributed by atoms with Gasteiger partial charge < -0.3 is 10.1 Å². The number of thiophene rings is 1. The summed E-state index contributed by atoms with van der Waals surface area (Å²) in [5.41, 5.74) is 0.184. The van der Waals surface area contributed by atoms with Gasteiger partial charge in [-0.15, -0.1) is 11.3 Å². The molecule has 1 amide bonds. The number of nitrogens with one attached hydrogen (secondary N) is 1. The van der Waals surface area contributed by atoms with Gasteiger partial charge in [0.05, 0.1) is 17.7 Å². The molecule has 0 aliphatic heterocycles.